The number of amides is 1. The van der Waals surface area contributed by atoms with Crippen molar-refractivity contribution in [3.8, 4) is 11.5 Å². The van der Waals surface area contributed by atoms with Crippen LogP contribution in [-0.2, 0) is 4.79 Å². The topological polar surface area (TPSA) is 54.6 Å². The molecule has 0 saturated heterocycles. The largest absolute Gasteiger partial charge is 0.497 e. The number of carbonyl (C=O) groups is 1. The summed E-state index contributed by atoms with van der Waals surface area (Å²) in [7, 11) is 3.47. The molecule has 0 radical (unpaired) electrons. The van der Waals surface area contributed by atoms with E-state index < -0.39 is 0 Å². The van der Waals surface area contributed by atoms with Crippen LogP contribution in [0.4, 0.5) is 0 Å². The Hall–Kier alpha value is -3.73. The van der Waals surface area contributed by atoms with Crippen molar-refractivity contribution in [3.63, 3.8) is 0 Å². The average molecular weight is 429 g/mol. The zero-order chi connectivity index (χ0) is 22.7. The van der Waals surface area contributed by atoms with Crippen LogP contribution < -0.4 is 9.47 Å². The Bertz CT molecular complexity index is 1210. The summed E-state index contributed by atoms with van der Waals surface area (Å²) in [6.07, 6.45) is 1.98. The van der Waals surface area contributed by atoms with Crippen molar-refractivity contribution in [2.75, 3.05) is 20.8 Å². The van der Waals surface area contributed by atoms with Crippen LogP contribution in [0.25, 0.3) is 10.9 Å². The molecule has 4 rings (SSSR count). The number of rotatable bonds is 7. The van der Waals surface area contributed by atoms with Crippen LogP contribution in [0, 0.1) is 13.8 Å². The highest BCUT2D eigenvalue weighted by Gasteiger charge is 2.26. The summed E-state index contributed by atoms with van der Waals surface area (Å²) in [6, 6.07) is 21.7. The maximum atomic E-state index is 13.3. The van der Waals surface area contributed by atoms with E-state index in [0.717, 1.165) is 44.7 Å². The van der Waals surface area contributed by atoms with E-state index in [1.165, 1.54) is 0 Å². The smallest absolute Gasteiger partial charge is 0.261 e. The van der Waals surface area contributed by atoms with Crippen LogP contribution in [0.15, 0.2) is 72.9 Å². The van der Waals surface area contributed by atoms with Gasteiger partial charge in [0.2, 0.25) is 0 Å². The predicted octanol–water partition coefficient (Wildman–Crippen LogP) is 5.42. The molecule has 0 saturated carbocycles. The van der Waals surface area contributed by atoms with Crippen LogP contribution >= 0.6 is 0 Å². The molecule has 1 aromatic heterocycles. The number of fused-ring (bicyclic) bond motifs is 1. The lowest BCUT2D eigenvalue weighted by atomic mass is 9.96. The van der Waals surface area contributed by atoms with E-state index in [0.29, 0.717) is 0 Å². The maximum absolute atomic E-state index is 13.3. The first-order valence-corrected chi connectivity index (χ1v) is 10.6. The SMILES string of the molecule is COc1ccc(C(c2c[nH]c3ccccc23)N(C)C(=O)COc2c(C)cccc2C)cc1. The minimum Gasteiger partial charge on any atom is -0.497 e. The number of carbonyl (C=O) groups excluding carboxylic acids is 1. The van der Waals surface area contributed by atoms with Crippen LogP contribution in [0.2, 0.25) is 0 Å². The van der Waals surface area contributed by atoms with Gasteiger partial charge in [-0.1, -0.05) is 48.5 Å². The van der Waals surface area contributed by atoms with Crippen LogP contribution in [0.1, 0.15) is 28.3 Å². The lowest BCUT2D eigenvalue weighted by Crippen LogP contribution is -2.35. The molecule has 0 aliphatic carbocycles. The molecule has 5 nitrogen and oxygen atoms in total. The number of aromatic amines is 1. The van der Waals surface area contributed by atoms with Crippen molar-refractivity contribution in [2.24, 2.45) is 0 Å². The monoisotopic (exact) mass is 428 g/mol. The van der Waals surface area contributed by atoms with Gasteiger partial charge in [-0.25, -0.2) is 0 Å². The Morgan fingerprint density at radius 2 is 1.66 bits per heavy atom. The number of H-pyrrole nitrogens is 1. The minimum atomic E-state index is -0.272. The van der Waals surface area contributed by atoms with Gasteiger partial charge in [0, 0.05) is 29.7 Å². The number of aryl methyl sites for hydroxylation is 2. The third-order valence-electron chi connectivity index (χ3n) is 5.88. The Morgan fingerprint density at radius 3 is 2.34 bits per heavy atom. The van der Waals surface area contributed by atoms with Crippen molar-refractivity contribution >= 4 is 16.8 Å². The molecule has 164 valence electrons. The Balaban J connectivity index is 1.66. The molecule has 3 aromatic carbocycles. The fourth-order valence-electron chi connectivity index (χ4n) is 4.12. The second-order valence-electron chi connectivity index (χ2n) is 7.98. The number of likely N-dealkylation sites (N-methyl/N-ethyl adjacent to an activating group) is 1. The third-order valence-corrected chi connectivity index (χ3v) is 5.88. The van der Waals surface area contributed by atoms with Crippen LogP contribution in [-0.4, -0.2) is 36.6 Å². The van der Waals surface area contributed by atoms with Crippen LogP contribution in [0.3, 0.4) is 0 Å². The summed E-state index contributed by atoms with van der Waals surface area (Å²) in [5.74, 6) is 1.44. The number of aromatic nitrogens is 1. The molecule has 0 spiro atoms. The highest BCUT2D eigenvalue weighted by Crippen LogP contribution is 2.34. The highest BCUT2D eigenvalue weighted by molar-refractivity contribution is 5.86. The quantitative estimate of drug-likeness (QED) is 0.428. The van der Waals surface area contributed by atoms with Gasteiger partial charge in [0.25, 0.3) is 5.91 Å². The molecule has 1 unspecified atom stereocenters. The van der Waals surface area contributed by atoms with Crippen LogP contribution in [0.5, 0.6) is 11.5 Å². The number of hydrogen-bond acceptors (Lipinski definition) is 3. The molecule has 0 aliphatic heterocycles. The molecular formula is C27H28N2O3. The molecular weight excluding hydrogens is 400 g/mol. The van der Waals surface area contributed by atoms with Crippen molar-refractivity contribution < 1.29 is 14.3 Å². The first kappa shape index (κ1) is 21.5. The number of nitrogens with one attached hydrogen (secondary N) is 1. The number of ether oxygens (including phenoxy) is 2. The van der Waals surface area contributed by atoms with E-state index in [2.05, 4.69) is 11.1 Å². The standard InChI is InChI=1S/C27H28N2O3/c1-18-8-7-9-19(2)27(18)32-17-25(30)29(3)26(20-12-14-21(31-4)15-13-20)23-16-28-24-11-6-5-10-22(23)24/h5-16,26,28H,17H2,1-4H3. The van der Waals surface area contributed by atoms with Gasteiger partial charge in [-0.05, 0) is 48.7 Å². The maximum Gasteiger partial charge on any atom is 0.261 e. The molecule has 0 fully saturated rings. The normalized spacial score (nSPS) is 11.9. The number of methoxy groups -OCH3 is 1. The molecule has 32 heavy (non-hydrogen) atoms. The van der Waals surface area contributed by atoms with Gasteiger partial charge < -0.3 is 19.4 Å². The number of nitrogens with zero attached hydrogens (tertiary/aromatic N) is 1. The molecule has 1 heterocycles. The molecule has 1 amide bonds. The minimum absolute atomic E-state index is 0.0306. The van der Waals surface area contributed by atoms with Crippen molar-refractivity contribution in [1.29, 1.82) is 0 Å². The first-order valence-electron chi connectivity index (χ1n) is 10.6. The predicted molar refractivity (Wildman–Crippen MR) is 127 cm³/mol. The number of benzene rings is 3. The van der Waals surface area contributed by atoms with E-state index in [1.54, 1.807) is 12.0 Å². The second kappa shape index (κ2) is 9.18. The molecule has 1 N–H and O–H groups in total. The Labute approximate surface area is 188 Å². The van der Waals surface area contributed by atoms with Gasteiger partial charge in [-0.3, -0.25) is 4.79 Å². The molecule has 4 aromatic rings. The van der Waals surface area contributed by atoms with E-state index in [4.69, 9.17) is 9.47 Å². The van der Waals surface area contributed by atoms with Gasteiger partial charge in [-0.2, -0.15) is 0 Å². The van der Waals surface area contributed by atoms with Crippen molar-refractivity contribution in [1.82, 2.24) is 9.88 Å². The van der Waals surface area contributed by atoms with Gasteiger partial charge in [-0.15, -0.1) is 0 Å². The summed E-state index contributed by atoms with van der Waals surface area (Å²) in [5, 5.41) is 1.09. The van der Waals surface area contributed by atoms with Crippen molar-refractivity contribution in [3.05, 3.63) is 95.2 Å². The van der Waals surface area contributed by atoms with E-state index in [1.807, 2.05) is 87.8 Å². The summed E-state index contributed by atoms with van der Waals surface area (Å²) in [4.78, 5) is 18.4. The zero-order valence-electron chi connectivity index (χ0n) is 18.9. The fraction of sp³-hybridized carbons (Fsp3) is 0.222. The van der Waals surface area contributed by atoms with Gasteiger partial charge in [0.15, 0.2) is 6.61 Å². The average Bonchev–Trinajstić information content (AvgIpc) is 3.23. The molecule has 0 aliphatic rings. The Morgan fingerprint density at radius 1 is 0.969 bits per heavy atom. The third kappa shape index (κ3) is 4.19. The van der Waals surface area contributed by atoms with Gasteiger partial charge >= 0.3 is 0 Å². The van der Waals surface area contributed by atoms with Crippen molar-refractivity contribution in [2.45, 2.75) is 19.9 Å². The second-order valence-corrected chi connectivity index (χ2v) is 7.98. The summed E-state index contributed by atoms with van der Waals surface area (Å²) >= 11 is 0. The van der Waals surface area contributed by atoms with E-state index >= 15 is 0 Å². The Kier molecular flexibility index (Phi) is 6.17. The molecule has 0 bridgehead atoms. The summed E-state index contributed by atoms with van der Waals surface area (Å²) in [5.41, 5.74) is 5.10. The van der Waals surface area contributed by atoms with Gasteiger partial charge in [0.1, 0.15) is 11.5 Å². The lowest BCUT2D eigenvalue weighted by molar-refractivity contribution is -0.133. The fourth-order valence-corrected chi connectivity index (χ4v) is 4.12. The molecule has 1 atom stereocenters. The highest BCUT2D eigenvalue weighted by atomic mass is 16.5. The molecule has 5 heteroatoms. The number of hydrogen-bond donors (Lipinski definition) is 1. The first-order chi connectivity index (χ1) is 15.5. The summed E-state index contributed by atoms with van der Waals surface area (Å²) < 4.78 is 11.3. The van der Waals surface area contributed by atoms with Gasteiger partial charge in [0.05, 0.1) is 13.2 Å². The number of para-hydroxylation sites is 2. The van der Waals surface area contributed by atoms with E-state index in [9.17, 15) is 4.79 Å². The summed E-state index contributed by atoms with van der Waals surface area (Å²) in [6.45, 7) is 3.95. The zero-order valence-corrected chi connectivity index (χ0v) is 18.9. The van der Waals surface area contributed by atoms with E-state index in [-0.39, 0.29) is 18.6 Å². The lowest BCUT2D eigenvalue weighted by Gasteiger charge is -2.29.